The lowest BCUT2D eigenvalue weighted by atomic mass is 10.2. The van der Waals surface area contributed by atoms with E-state index in [4.69, 9.17) is 4.74 Å². The molecule has 0 fully saturated rings. The van der Waals surface area contributed by atoms with E-state index in [0.29, 0.717) is 12.3 Å². The van der Waals surface area contributed by atoms with Gasteiger partial charge in [-0.3, -0.25) is 0 Å². The van der Waals surface area contributed by atoms with Gasteiger partial charge in [-0.05, 0) is 18.6 Å². The second kappa shape index (κ2) is 8.58. The molecule has 7 nitrogen and oxygen atoms in total. The van der Waals surface area contributed by atoms with E-state index < -0.39 is 12.0 Å². The molecule has 2 aromatic rings. The van der Waals surface area contributed by atoms with Crippen molar-refractivity contribution in [1.29, 1.82) is 0 Å². The molecule has 0 atom stereocenters. The van der Waals surface area contributed by atoms with Gasteiger partial charge in [0.2, 0.25) is 0 Å². The van der Waals surface area contributed by atoms with Crippen LogP contribution in [-0.2, 0) is 4.74 Å². The van der Waals surface area contributed by atoms with Crippen molar-refractivity contribution in [3.8, 4) is 11.5 Å². The van der Waals surface area contributed by atoms with E-state index in [1.54, 1.807) is 24.3 Å². The van der Waals surface area contributed by atoms with Crippen molar-refractivity contribution >= 4 is 23.4 Å². The highest BCUT2D eigenvalue weighted by Crippen LogP contribution is 2.24. The summed E-state index contributed by atoms with van der Waals surface area (Å²) in [6.07, 6.45) is 1.68. The molecule has 0 saturated carbocycles. The average Bonchev–Trinajstić information content (AvgIpc) is 2.54. The van der Waals surface area contributed by atoms with Crippen molar-refractivity contribution in [2.75, 3.05) is 17.2 Å². The summed E-state index contributed by atoms with van der Waals surface area (Å²) in [6, 6.07) is 9.57. The topological polar surface area (TPSA) is 108 Å². The molecule has 0 aromatic heterocycles. The van der Waals surface area contributed by atoms with Gasteiger partial charge in [-0.15, -0.1) is 0 Å². The number of anilines is 2. The van der Waals surface area contributed by atoms with Crippen molar-refractivity contribution in [2.24, 2.45) is 0 Å². The molecule has 0 heterocycles. The smallest absolute Gasteiger partial charge is 0.340 e. The van der Waals surface area contributed by atoms with Gasteiger partial charge in [-0.1, -0.05) is 25.5 Å². The third-order valence-electron chi connectivity index (χ3n) is 3.29. The fourth-order valence-corrected chi connectivity index (χ4v) is 2.11. The van der Waals surface area contributed by atoms with Gasteiger partial charge in [-0.2, -0.15) is 0 Å². The Hall–Kier alpha value is -3.22. The maximum atomic E-state index is 12.1. The minimum atomic E-state index is -0.626. The summed E-state index contributed by atoms with van der Waals surface area (Å²) in [5.74, 6) is -0.884. The summed E-state index contributed by atoms with van der Waals surface area (Å²) in [4.78, 5) is 24.2. The Balaban J connectivity index is 2.06. The van der Waals surface area contributed by atoms with Crippen molar-refractivity contribution < 1.29 is 24.5 Å². The van der Waals surface area contributed by atoms with E-state index in [-0.39, 0.29) is 22.7 Å². The van der Waals surface area contributed by atoms with Gasteiger partial charge < -0.3 is 25.6 Å². The van der Waals surface area contributed by atoms with Crippen LogP contribution in [0.1, 0.15) is 30.1 Å². The maximum Gasteiger partial charge on any atom is 0.340 e. The largest absolute Gasteiger partial charge is 0.508 e. The summed E-state index contributed by atoms with van der Waals surface area (Å²) in [7, 11) is 0. The minimum Gasteiger partial charge on any atom is -0.508 e. The highest BCUT2D eigenvalue weighted by atomic mass is 16.5. The molecule has 132 valence electrons. The second-order valence-corrected chi connectivity index (χ2v) is 5.35. The van der Waals surface area contributed by atoms with Crippen LogP contribution in [0.15, 0.2) is 42.5 Å². The molecule has 2 rings (SSSR count). The molecule has 0 spiro atoms. The molecular formula is C18H20N2O5. The van der Waals surface area contributed by atoms with E-state index in [9.17, 15) is 19.8 Å². The van der Waals surface area contributed by atoms with Gasteiger partial charge in [0.05, 0.1) is 17.9 Å². The third-order valence-corrected chi connectivity index (χ3v) is 3.29. The first kappa shape index (κ1) is 18.1. The van der Waals surface area contributed by atoms with Crippen LogP contribution < -0.4 is 10.6 Å². The number of carbonyl (C=O) groups is 2. The number of hydrogen-bond donors (Lipinski definition) is 4. The molecule has 4 N–H and O–H groups in total. The van der Waals surface area contributed by atoms with Crippen LogP contribution in [0.3, 0.4) is 0 Å². The van der Waals surface area contributed by atoms with E-state index >= 15 is 0 Å². The molecule has 0 radical (unpaired) electrons. The number of hydrogen-bond acceptors (Lipinski definition) is 5. The summed E-state index contributed by atoms with van der Waals surface area (Å²) >= 11 is 0. The maximum absolute atomic E-state index is 12.1. The Morgan fingerprint density at radius 2 is 1.72 bits per heavy atom. The molecule has 2 amide bonds. The van der Waals surface area contributed by atoms with Crippen molar-refractivity contribution in [1.82, 2.24) is 0 Å². The van der Waals surface area contributed by atoms with Gasteiger partial charge in [0, 0.05) is 23.9 Å². The lowest BCUT2D eigenvalue weighted by Crippen LogP contribution is -2.21. The van der Waals surface area contributed by atoms with Gasteiger partial charge in [0.25, 0.3) is 0 Å². The number of benzene rings is 2. The van der Waals surface area contributed by atoms with Gasteiger partial charge in [0.15, 0.2) is 0 Å². The Kier molecular flexibility index (Phi) is 6.22. The Bertz CT molecular complexity index is 741. The zero-order chi connectivity index (χ0) is 18.2. The summed E-state index contributed by atoms with van der Waals surface area (Å²) in [6.45, 7) is 2.31. The predicted octanol–water partition coefficient (Wildman–Crippen LogP) is 3.70. The molecule has 0 bridgehead atoms. The summed E-state index contributed by atoms with van der Waals surface area (Å²) in [5.41, 5.74) is 0.747. The van der Waals surface area contributed by atoms with Crippen LogP contribution in [0, 0.1) is 0 Å². The molecule has 0 saturated heterocycles. The summed E-state index contributed by atoms with van der Waals surface area (Å²) < 4.78 is 5.16. The molecule has 25 heavy (non-hydrogen) atoms. The monoisotopic (exact) mass is 344 g/mol. The van der Waals surface area contributed by atoms with Gasteiger partial charge in [0.1, 0.15) is 11.5 Å². The average molecular weight is 344 g/mol. The van der Waals surface area contributed by atoms with Crippen molar-refractivity contribution in [3.05, 3.63) is 48.0 Å². The molecule has 0 aliphatic heterocycles. The van der Waals surface area contributed by atoms with E-state index in [1.807, 2.05) is 6.92 Å². The predicted molar refractivity (Wildman–Crippen MR) is 94.0 cm³/mol. The van der Waals surface area contributed by atoms with Crippen molar-refractivity contribution in [2.45, 2.75) is 19.8 Å². The van der Waals surface area contributed by atoms with Crippen LogP contribution >= 0.6 is 0 Å². The molecular weight excluding hydrogens is 324 g/mol. The van der Waals surface area contributed by atoms with Gasteiger partial charge >= 0.3 is 12.0 Å². The number of phenols is 2. The van der Waals surface area contributed by atoms with Crippen LogP contribution in [0.25, 0.3) is 0 Å². The highest BCUT2D eigenvalue weighted by molar-refractivity contribution is 6.05. The fourth-order valence-electron chi connectivity index (χ4n) is 2.11. The number of esters is 1. The number of aromatic hydroxyl groups is 2. The molecule has 2 aromatic carbocycles. The highest BCUT2D eigenvalue weighted by Gasteiger charge is 2.14. The first-order valence-electron chi connectivity index (χ1n) is 7.86. The summed E-state index contributed by atoms with van der Waals surface area (Å²) in [5, 5.41) is 23.9. The molecule has 0 aliphatic rings. The Morgan fingerprint density at radius 1 is 1.04 bits per heavy atom. The number of urea groups is 1. The first-order chi connectivity index (χ1) is 12.0. The van der Waals surface area contributed by atoms with E-state index in [2.05, 4.69) is 10.6 Å². The lowest BCUT2D eigenvalue weighted by molar-refractivity contribution is 0.0501. The molecule has 0 aliphatic carbocycles. The molecule has 0 unspecified atom stereocenters. The third kappa shape index (κ3) is 5.42. The van der Waals surface area contributed by atoms with Crippen LogP contribution in [0.2, 0.25) is 0 Å². The first-order valence-corrected chi connectivity index (χ1v) is 7.86. The Labute approximate surface area is 145 Å². The van der Waals surface area contributed by atoms with Crippen LogP contribution in [0.4, 0.5) is 16.2 Å². The minimum absolute atomic E-state index is 0.185. The number of nitrogens with one attached hydrogen (secondary N) is 2. The number of amides is 2. The Morgan fingerprint density at radius 3 is 2.40 bits per heavy atom. The number of ether oxygens (including phenoxy) is 1. The zero-order valence-corrected chi connectivity index (χ0v) is 13.8. The number of phenolic OH excluding ortho intramolecular Hbond substituents is 2. The lowest BCUT2D eigenvalue weighted by Gasteiger charge is -2.12. The second-order valence-electron chi connectivity index (χ2n) is 5.35. The zero-order valence-electron chi connectivity index (χ0n) is 13.8. The fraction of sp³-hybridized carbons (Fsp3) is 0.222. The van der Waals surface area contributed by atoms with Gasteiger partial charge in [-0.25, -0.2) is 9.59 Å². The standard InChI is InChI=1S/C18H20N2O5/c1-2-3-8-25-17(23)15-6-4-5-7-16(15)20-18(24)19-12-9-13(21)11-14(22)10-12/h4-7,9-11,21-22H,2-3,8H2,1H3,(H2,19,20,24). The van der Waals surface area contributed by atoms with E-state index in [0.717, 1.165) is 18.9 Å². The number of rotatable bonds is 6. The number of para-hydroxylation sites is 1. The number of carbonyl (C=O) groups excluding carboxylic acids is 2. The van der Waals surface area contributed by atoms with Crippen LogP contribution in [0.5, 0.6) is 11.5 Å². The SMILES string of the molecule is CCCCOC(=O)c1ccccc1NC(=O)Nc1cc(O)cc(O)c1. The van der Waals surface area contributed by atoms with Crippen LogP contribution in [-0.4, -0.2) is 28.8 Å². The van der Waals surface area contributed by atoms with Crippen molar-refractivity contribution in [3.63, 3.8) is 0 Å². The quantitative estimate of drug-likeness (QED) is 0.472. The van der Waals surface area contributed by atoms with E-state index in [1.165, 1.54) is 12.1 Å². The normalized spacial score (nSPS) is 10.1. The molecule has 7 heteroatoms. The number of unbranched alkanes of at least 4 members (excludes halogenated alkanes) is 1.